The van der Waals surface area contributed by atoms with E-state index in [0.29, 0.717) is 0 Å². The topological polar surface area (TPSA) is 29.1 Å². The fraction of sp³-hybridized carbons (Fsp3) is 0.208. The molecule has 3 rings (SSSR count). The Kier molecular flexibility index (Phi) is 6.72. The lowest BCUT2D eigenvalue weighted by atomic mass is 10.0. The summed E-state index contributed by atoms with van der Waals surface area (Å²) in [5.41, 5.74) is 4.41. The fourth-order valence-corrected chi connectivity index (χ4v) is 3.92. The van der Waals surface area contributed by atoms with Crippen molar-refractivity contribution in [2.75, 3.05) is 0 Å². The molecule has 0 unspecified atom stereocenters. The molecular formula is C24H25NOS. The summed E-state index contributed by atoms with van der Waals surface area (Å²) in [6.07, 6.45) is 1.02. The second-order valence-electron chi connectivity index (χ2n) is 6.56. The SMILES string of the molecule is CCc1ccc([C@@H](C)NC(=O)c2ccccc2SCc2ccccc2)cc1. The van der Waals surface area contributed by atoms with Crippen LogP contribution in [0, 0.1) is 0 Å². The van der Waals surface area contributed by atoms with Crippen molar-refractivity contribution in [3.8, 4) is 0 Å². The van der Waals surface area contributed by atoms with Gasteiger partial charge in [-0.2, -0.15) is 0 Å². The van der Waals surface area contributed by atoms with Gasteiger partial charge < -0.3 is 5.32 Å². The molecule has 3 aromatic carbocycles. The van der Waals surface area contributed by atoms with Gasteiger partial charge in [0, 0.05) is 10.6 Å². The van der Waals surface area contributed by atoms with Crippen molar-refractivity contribution < 1.29 is 4.79 Å². The number of nitrogens with one attached hydrogen (secondary N) is 1. The summed E-state index contributed by atoms with van der Waals surface area (Å²) in [5, 5.41) is 3.14. The van der Waals surface area contributed by atoms with Gasteiger partial charge in [-0.05, 0) is 42.2 Å². The molecule has 0 fully saturated rings. The number of hydrogen-bond donors (Lipinski definition) is 1. The van der Waals surface area contributed by atoms with Gasteiger partial charge >= 0.3 is 0 Å². The largest absolute Gasteiger partial charge is 0.345 e. The quantitative estimate of drug-likeness (QED) is 0.511. The lowest BCUT2D eigenvalue weighted by molar-refractivity contribution is 0.0937. The van der Waals surface area contributed by atoms with Crippen LogP contribution >= 0.6 is 11.8 Å². The zero-order chi connectivity index (χ0) is 19.1. The third kappa shape index (κ3) is 5.24. The van der Waals surface area contributed by atoms with Gasteiger partial charge in [-0.15, -0.1) is 11.8 Å². The van der Waals surface area contributed by atoms with Gasteiger partial charge in [0.1, 0.15) is 0 Å². The first-order valence-electron chi connectivity index (χ1n) is 9.33. The van der Waals surface area contributed by atoms with Gasteiger partial charge in [-0.3, -0.25) is 4.79 Å². The van der Waals surface area contributed by atoms with E-state index >= 15 is 0 Å². The van der Waals surface area contributed by atoms with Crippen molar-refractivity contribution >= 4 is 17.7 Å². The van der Waals surface area contributed by atoms with Crippen molar-refractivity contribution in [1.29, 1.82) is 0 Å². The van der Waals surface area contributed by atoms with Gasteiger partial charge in [0.25, 0.3) is 5.91 Å². The van der Waals surface area contributed by atoms with Gasteiger partial charge in [0.15, 0.2) is 0 Å². The van der Waals surface area contributed by atoms with Crippen LogP contribution in [0.15, 0.2) is 83.8 Å². The highest BCUT2D eigenvalue weighted by Crippen LogP contribution is 2.27. The minimum Gasteiger partial charge on any atom is -0.345 e. The third-order valence-electron chi connectivity index (χ3n) is 4.60. The summed E-state index contributed by atoms with van der Waals surface area (Å²) in [4.78, 5) is 13.9. The Balaban J connectivity index is 1.68. The van der Waals surface area contributed by atoms with E-state index in [-0.39, 0.29) is 11.9 Å². The molecule has 0 saturated carbocycles. The molecule has 0 spiro atoms. The van der Waals surface area contributed by atoms with E-state index < -0.39 is 0 Å². The minimum absolute atomic E-state index is 0.0294. The first kappa shape index (κ1) is 19.2. The van der Waals surface area contributed by atoms with Gasteiger partial charge in [0.05, 0.1) is 11.6 Å². The van der Waals surface area contributed by atoms with E-state index in [1.165, 1.54) is 11.1 Å². The number of hydrogen-bond acceptors (Lipinski definition) is 2. The standard InChI is InChI=1S/C24H25NOS/c1-3-19-13-15-21(16-14-19)18(2)25-24(26)22-11-7-8-12-23(22)27-17-20-9-5-4-6-10-20/h4-16,18H,3,17H2,1-2H3,(H,25,26)/t18-/m1/s1. The van der Waals surface area contributed by atoms with Crippen molar-refractivity contribution in [2.45, 2.75) is 37.0 Å². The maximum Gasteiger partial charge on any atom is 0.252 e. The smallest absolute Gasteiger partial charge is 0.252 e. The molecule has 0 aliphatic carbocycles. The molecule has 0 saturated heterocycles. The Morgan fingerprint density at radius 3 is 2.26 bits per heavy atom. The molecule has 1 amide bonds. The number of thioether (sulfide) groups is 1. The highest BCUT2D eigenvalue weighted by Gasteiger charge is 2.15. The predicted molar refractivity (Wildman–Crippen MR) is 114 cm³/mol. The Bertz CT molecular complexity index is 874. The molecule has 138 valence electrons. The van der Waals surface area contributed by atoms with E-state index in [2.05, 4.69) is 48.6 Å². The monoisotopic (exact) mass is 375 g/mol. The van der Waals surface area contributed by atoms with E-state index in [4.69, 9.17) is 0 Å². The number of rotatable bonds is 7. The van der Waals surface area contributed by atoms with E-state index in [1.54, 1.807) is 11.8 Å². The summed E-state index contributed by atoms with van der Waals surface area (Å²) >= 11 is 1.70. The van der Waals surface area contributed by atoms with Crippen molar-refractivity contribution in [2.24, 2.45) is 0 Å². The first-order valence-corrected chi connectivity index (χ1v) is 10.3. The number of carbonyl (C=O) groups excluding carboxylic acids is 1. The molecular weight excluding hydrogens is 350 g/mol. The number of benzene rings is 3. The van der Waals surface area contributed by atoms with E-state index in [0.717, 1.165) is 28.2 Å². The highest BCUT2D eigenvalue weighted by atomic mass is 32.2. The Morgan fingerprint density at radius 2 is 1.56 bits per heavy atom. The molecule has 1 atom stereocenters. The van der Waals surface area contributed by atoms with Crippen molar-refractivity contribution in [3.05, 3.63) is 101 Å². The third-order valence-corrected chi connectivity index (χ3v) is 5.75. The lowest BCUT2D eigenvalue weighted by Crippen LogP contribution is -2.27. The molecule has 0 aliphatic heterocycles. The molecule has 27 heavy (non-hydrogen) atoms. The van der Waals surface area contributed by atoms with Crippen LogP contribution in [0.1, 0.15) is 46.9 Å². The number of aryl methyl sites for hydroxylation is 1. The van der Waals surface area contributed by atoms with Crippen LogP contribution in [0.5, 0.6) is 0 Å². The molecule has 0 aliphatic rings. The molecule has 0 bridgehead atoms. The van der Waals surface area contributed by atoms with E-state index in [1.807, 2.05) is 49.4 Å². The Hall–Kier alpha value is -2.52. The van der Waals surface area contributed by atoms with Crippen LogP contribution in [0.4, 0.5) is 0 Å². The highest BCUT2D eigenvalue weighted by molar-refractivity contribution is 7.98. The Labute approximate surface area is 166 Å². The fourth-order valence-electron chi connectivity index (χ4n) is 2.92. The molecule has 0 heterocycles. The summed E-state index contributed by atoms with van der Waals surface area (Å²) < 4.78 is 0. The average Bonchev–Trinajstić information content (AvgIpc) is 2.73. The Morgan fingerprint density at radius 1 is 0.889 bits per heavy atom. The van der Waals surface area contributed by atoms with Crippen LogP contribution in [0.2, 0.25) is 0 Å². The molecule has 2 nitrogen and oxygen atoms in total. The van der Waals surface area contributed by atoms with Crippen molar-refractivity contribution in [1.82, 2.24) is 5.32 Å². The summed E-state index contributed by atoms with van der Waals surface area (Å²) in [6.45, 7) is 4.17. The predicted octanol–water partition coefficient (Wildman–Crippen LogP) is 6.03. The average molecular weight is 376 g/mol. The van der Waals surface area contributed by atoms with Crippen LogP contribution in [-0.2, 0) is 12.2 Å². The van der Waals surface area contributed by atoms with Gasteiger partial charge in [0.2, 0.25) is 0 Å². The summed E-state index contributed by atoms with van der Waals surface area (Å²) in [7, 11) is 0. The molecule has 3 heteroatoms. The zero-order valence-electron chi connectivity index (χ0n) is 15.8. The maximum absolute atomic E-state index is 12.9. The second kappa shape index (κ2) is 9.43. The maximum atomic E-state index is 12.9. The summed E-state index contributed by atoms with van der Waals surface area (Å²) in [6, 6.07) is 26.6. The molecule has 0 radical (unpaired) electrons. The molecule has 1 N–H and O–H groups in total. The zero-order valence-corrected chi connectivity index (χ0v) is 16.6. The number of amides is 1. The van der Waals surface area contributed by atoms with Crippen LogP contribution in [0.25, 0.3) is 0 Å². The summed E-state index contributed by atoms with van der Waals surface area (Å²) in [5.74, 6) is 0.817. The molecule has 3 aromatic rings. The van der Waals surface area contributed by atoms with Crippen LogP contribution in [0.3, 0.4) is 0 Å². The van der Waals surface area contributed by atoms with Crippen LogP contribution in [-0.4, -0.2) is 5.91 Å². The normalized spacial score (nSPS) is 11.8. The second-order valence-corrected chi connectivity index (χ2v) is 7.58. The molecule has 0 aromatic heterocycles. The number of carbonyl (C=O) groups is 1. The van der Waals surface area contributed by atoms with Crippen molar-refractivity contribution in [3.63, 3.8) is 0 Å². The van der Waals surface area contributed by atoms with Crippen LogP contribution < -0.4 is 5.32 Å². The minimum atomic E-state index is -0.0319. The first-order chi connectivity index (χ1) is 13.2. The lowest BCUT2D eigenvalue weighted by Gasteiger charge is -2.16. The van der Waals surface area contributed by atoms with Gasteiger partial charge in [-0.25, -0.2) is 0 Å². The van der Waals surface area contributed by atoms with E-state index in [9.17, 15) is 4.79 Å². The van der Waals surface area contributed by atoms with Gasteiger partial charge in [-0.1, -0.05) is 73.7 Å².